The van der Waals surface area contributed by atoms with E-state index < -0.39 is 5.97 Å². The molecule has 0 aromatic rings. The highest BCUT2D eigenvalue weighted by Gasteiger charge is 2.28. The number of carboxylic acid groups (broad SMARTS) is 1. The van der Waals surface area contributed by atoms with E-state index in [9.17, 15) is 9.59 Å². The summed E-state index contributed by atoms with van der Waals surface area (Å²) >= 11 is 0. The Hall–Kier alpha value is -1.10. The van der Waals surface area contributed by atoms with Gasteiger partial charge in [-0.1, -0.05) is 6.92 Å². The van der Waals surface area contributed by atoms with E-state index in [0.717, 1.165) is 32.5 Å². The highest BCUT2D eigenvalue weighted by molar-refractivity contribution is 5.79. The first-order valence-corrected chi connectivity index (χ1v) is 7.26. The molecule has 1 aliphatic heterocycles. The zero-order valence-corrected chi connectivity index (χ0v) is 11.7. The molecule has 19 heavy (non-hydrogen) atoms. The topological polar surface area (TPSA) is 60.9 Å². The second-order valence-corrected chi connectivity index (χ2v) is 6.07. The fourth-order valence-corrected chi connectivity index (χ4v) is 2.59. The van der Waals surface area contributed by atoms with Crippen molar-refractivity contribution in [3.63, 3.8) is 0 Å². The van der Waals surface area contributed by atoms with Crippen molar-refractivity contribution in [2.24, 2.45) is 11.8 Å². The summed E-state index contributed by atoms with van der Waals surface area (Å²) in [5, 5.41) is 8.91. The van der Waals surface area contributed by atoms with Crippen LogP contribution in [0.5, 0.6) is 0 Å². The SMILES string of the molecule is CC1CCN(C(=O)CN(CC(=O)O)CC2CC2)CC1. The number of hydrogen-bond donors (Lipinski definition) is 1. The average molecular weight is 268 g/mol. The number of aliphatic carboxylic acids is 1. The van der Waals surface area contributed by atoms with Gasteiger partial charge in [-0.25, -0.2) is 0 Å². The van der Waals surface area contributed by atoms with Crippen molar-refractivity contribution in [2.75, 3.05) is 32.7 Å². The molecule has 0 aromatic heterocycles. The van der Waals surface area contributed by atoms with Crippen LogP contribution in [-0.4, -0.2) is 59.5 Å². The number of amides is 1. The molecule has 0 bridgehead atoms. The Labute approximate surface area is 114 Å². The molecule has 1 heterocycles. The number of piperidine rings is 1. The molecule has 1 aliphatic carbocycles. The van der Waals surface area contributed by atoms with Crippen LogP contribution in [0, 0.1) is 11.8 Å². The van der Waals surface area contributed by atoms with Gasteiger partial charge >= 0.3 is 5.97 Å². The van der Waals surface area contributed by atoms with Crippen molar-refractivity contribution >= 4 is 11.9 Å². The molecule has 0 spiro atoms. The summed E-state index contributed by atoms with van der Waals surface area (Å²) in [6.07, 6.45) is 4.47. The number of carboxylic acids is 1. The lowest BCUT2D eigenvalue weighted by molar-refractivity contribution is -0.140. The van der Waals surface area contributed by atoms with Crippen molar-refractivity contribution < 1.29 is 14.7 Å². The summed E-state index contributed by atoms with van der Waals surface area (Å²) in [7, 11) is 0. The fraction of sp³-hybridized carbons (Fsp3) is 0.857. The van der Waals surface area contributed by atoms with E-state index in [1.54, 1.807) is 4.90 Å². The minimum atomic E-state index is -0.847. The third-order valence-electron chi connectivity index (χ3n) is 4.07. The molecule has 5 heteroatoms. The van der Waals surface area contributed by atoms with Gasteiger partial charge in [-0.05, 0) is 37.5 Å². The zero-order chi connectivity index (χ0) is 13.8. The third-order valence-corrected chi connectivity index (χ3v) is 4.07. The quantitative estimate of drug-likeness (QED) is 0.782. The lowest BCUT2D eigenvalue weighted by Crippen LogP contribution is -2.45. The van der Waals surface area contributed by atoms with E-state index in [0.29, 0.717) is 11.8 Å². The molecule has 1 saturated carbocycles. The minimum absolute atomic E-state index is 0.0213. The van der Waals surface area contributed by atoms with E-state index in [2.05, 4.69) is 6.92 Å². The molecule has 2 rings (SSSR count). The van der Waals surface area contributed by atoms with Gasteiger partial charge in [0.05, 0.1) is 13.1 Å². The van der Waals surface area contributed by atoms with Gasteiger partial charge in [0.1, 0.15) is 0 Å². The molecule has 2 fully saturated rings. The van der Waals surface area contributed by atoms with Crippen LogP contribution in [0.1, 0.15) is 32.6 Å². The first kappa shape index (κ1) is 14.3. The van der Waals surface area contributed by atoms with E-state index in [-0.39, 0.29) is 19.0 Å². The predicted molar refractivity (Wildman–Crippen MR) is 71.8 cm³/mol. The molecule has 0 atom stereocenters. The van der Waals surface area contributed by atoms with Crippen molar-refractivity contribution in [1.82, 2.24) is 9.80 Å². The van der Waals surface area contributed by atoms with Crippen molar-refractivity contribution in [2.45, 2.75) is 32.6 Å². The van der Waals surface area contributed by atoms with E-state index in [1.807, 2.05) is 4.90 Å². The van der Waals surface area contributed by atoms with Crippen LogP contribution < -0.4 is 0 Å². The largest absolute Gasteiger partial charge is 0.480 e. The Kier molecular flexibility index (Phi) is 4.80. The molecule has 2 aliphatic rings. The van der Waals surface area contributed by atoms with Crippen LogP contribution in [0.3, 0.4) is 0 Å². The Morgan fingerprint density at radius 1 is 1.16 bits per heavy atom. The lowest BCUT2D eigenvalue weighted by atomic mass is 9.99. The second-order valence-electron chi connectivity index (χ2n) is 6.07. The van der Waals surface area contributed by atoms with Gasteiger partial charge in [0, 0.05) is 19.6 Å². The van der Waals surface area contributed by atoms with Crippen LogP contribution in [-0.2, 0) is 9.59 Å². The summed E-state index contributed by atoms with van der Waals surface area (Å²) in [6.45, 7) is 4.85. The molecular formula is C14H24N2O3. The zero-order valence-electron chi connectivity index (χ0n) is 11.7. The molecule has 1 amide bonds. The van der Waals surface area contributed by atoms with Gasteiger partial charge in [-0.3, -0.25) is 14.5 Å². The van der Waals surface area contributed by atoms with Crippen LogP contribution in [0.25, 0.3) is 0 Å². The Bertz CT molecular complexity index is 334. The van der Waals surface area contributed by atoms with Gasteiger partial charge in [-0.2, -0.15) is 0 Å². The molecule has 1 N–H and O–H groups in total. The maximum absolute atomic E-state index is 12.2. The first-order valence-electron chi connectivity index (χ1n) is 7.26. The van der Waals surface area contributed by atoms with Crippen LogP contribution in [0.2, 0.25) is 0 Å². The van der Waals surface area contributed by atoms with Crippen molar-refractivity contribution in [1.29, 1.82) is 0 Å². The Morgan fingerprint density at radius 3 is 2.32 bits per heavy atom. The van der Waals surface area contributed by atoms with Gasteiger partial charge in [-0.15, -0.1) is 0 Å². The molecule has 1 saturated heterocycles. The number of nitrogens with zero attached hydrogens (tertiary/aromatic N) is 2. The minimum Gasteiger partial charge on any atom is -0.480 e. The van der Waals surface area contributed by atoms with Crippen molar-refractivity contribution in [3.05, 3.63) is 0 Å². The number of rotatable bonds is 6. The van der Waals surface area contributed by atoms with Gasteiger partial charge in [0.25, 0.3) is 0 Å². The summed E-state index contributed by atoms with van der Waals surface area (Å²) < 4.78 is 0. The third kappa shape index (κ3) is 4.82. The van der Waals surface area contributed by atoms with E-state index in [1.165, 1.54) is 12.8 Å². The van der Waals surface area contributed by atoms with E-state index >= 15 is 0 Å². The number of likely N-dealkylation sites (tertiary alicyclic amines) is 1. The Morgan fingerprint density at radius 2 is 1.79 bits per heavy atom. The second kappa shape index (κ2) is 6.37. The summed E-state index contributed by atoms with van der Waals surface area (Å²) in [6, 6.07) is 0. The smallest absolute Gasteiger partial charge is 0.317 e. The lowest BCUT2D eigenvalue weighted by Gasteiger charge is -2.32. The molecule has 5 nitrogen and oxygen atoms in total. The molecule has 108 valence electrons. The molecule has 0 aromatic carbocycles. The molecular weight excluding hydrogens is 244 g/mol. The molecule has 0 unspecified atom stereocenters. The van der Waals surface area contributed by atoms with E-state index in [4.69, 9.17) is 5.11 Å². The standard InChI is InChI=1S/C14H24N2O3/c1-11-4-6-16(7-5-11)13(17)9-15(10-14(18)19)8-12-2-3-12/h11-12H,2-10H2,1H3,(H,18,19). The maximum atomic E-state index is 12.2. The highest BCUT2D eigenvalue weighted by Crippen LogP contribution is 2.29. The first-order chi connectivity index (χ1) is 9.04. The normalized spacial score (nSPS) is 20.8. The fourth-order valence-electron chi connectivity index (χ4n) is 2.59. The van der Waals surface area contributed by atoms with Gasteiger partial charge < -0.3 is 10.0 Å². The monoisotopic (exact) mass is 268 g/mol. The summed E-state index contributed by atoms with van der Waals surface area (Å²) in [5.41, 5.74) is 0. The van der Waals surface area contributed by atoms with Crippen LogP contribution >= 0.6 is 0 Å². The number of carbonyl (C=O) groups is 2. The average Bonchev–Trinajstić information content (AvgIpc) is 3.12. The number of carbonyl (C=O) groups excluding carboxylic acids is 1. The molecule has 0 radical (unpaired) electrons. The summed E-state index contributed by atoms with van der Waals surface area (Å²) in [4.78, 5) is 26.7. The van der Waals surface area contributed by atoms with Gasteiger partial charge in [0.15, 0.2) is 0 Å². The summed E-state index contributed by atoms with van der Waals surface area (Å²) in [5.74, 6) is 0.550. The maximum Gasteiger partial charge on any atom is 0.317 e. The predicted octanol–water partition coefficient (Wildman–Crippen LogP) is 1.04. The van der Waals surface area contributed by atoms with Crippen LogP contribution in [0.4, 0.5) is 0 Å². The van der Waals surface area contributed by atoms with Crippen molar-refractivity contribution in [3.8, 4) is 0 Å². The number of hydrogen-bond acceptors (Lipinski definition) is 3. The highest BCUT2D eigenvalue weighted by atomic mass is 16.4. The Balaban J connectivity index is 1.81. The van der Waals surface area contributed by atoms with Gasteiger partial charge in [0.2, 0.25) is 5.91 Å². The van der Waals surface area contributed by atoms with Crippen LogP contribution in [0.15, 0.2) is 0 Å².